The third kappa shape index (κ3) is 6.46. The fourth-order valence-electron chi connectivity index (χ4n) is 3.72. The van der Waals surface area contributed by atoms with Crippen LogP contribution in [0, 0.1) is 11.3 Å². The average molecular weight is 448 g/mol. The summed E-state index contributed by atoms with van der Waals surface area (Å²) in [5, 5.41) is 12.2. The number of methoxy groups -OCH3 is 1. The van der Waals surface area contributed by atoms with Crippen molar-refractivity contribution in [2.45, 2.75) is 53.6 Å². The predicted octanol–water partition coefficient (Wildman–Crippen LogP) is 6.84. The Labute approximate surface area is 199 Å². The van der Waals surface area contributed by atoms with Crippen LogP contribution >= 0.6 is 0 Å². The van der Waals surface area contributed by atoms with Gasteiger partial charge in [0.15, 0.2) is 0 Å². The highest BCUT2D eigenvalue weighted by atomic mass is 16.5. The lowest BCUT2D eigenvalue weighted by Gasteiger charge is -2.26. The first kappa shape index (κ1) is 26.2. The van der Waals surface area contributed by atoms with Crippen LogP contribution in [0.2, 0.25) is 0 Å². The number of nitrogens with zero attached hydrogens (tertiary/aromatic N) is 3. The van der Waals surface area contributed by atoms with Gasteiger partial charge in [0.25, 0.3) is 0 Å². The fraction of sp³-hybridized carbons (Fsp3) is 0.429. The second-order valence-corrected chi connectivity index (χ2v) is 8.17. The molecule has 0 atom stereocenters. The number of hydrogen-bond donors (Lipinski definition) is 0. The maximum absolute atomic E-state index is 9.90. The molecule has 3 aromatic rings. The van der Waals surface area contributed by atoms with E-state index in [-0.39, 0.29) is 0 Å². The molecule has 33 heavy (non-hydrogen) atoms. The van der Waals surface area contributed by atoms with Crippen LogP contribution in [0.15, 0.2) is 48.7 Å². The van der Waals surface area contributed by atoms with E-state index in [0.717, 1.165) is 29.6 Å². The number of ether oxygens (including phenoxy) is 2. The Kier molecular flexibility index (Phi) is 9.69. The van der Waals surface area contributed by atoms with E-state index in [9.17, 15) is 5.26 Å². The van der Waals surface area contributed by atoms with Gasteiger partial charge in [-0.25, -0.2) is 4.98 Å². The Hall–Kier alpha value is -3.10. The van der Waals surface area contributed by atoms with Crippen LogP contribution in [0.1, 0.15) is 53.5 Å². The minimum Gasteiger partial charge on any atom is -0.471 e. The molecule has 5 nitrogen and oxygen atoms in total. The highest BCUT2D eigenvalue weighted by Crippen LogP contribution is 2.33. The maximum Gasteiger partial charge on any atom is 0.232 e. The third-order valence-electron chi connectivity index (χ3n) is 5.57. The molecule has 0 aliphatic rings. The molecular weight excluding hydrogens is 410 g/mol. The molecule has 1 heterocycles. The van der Waals surface area contributed by atoms with Crippen molar-refractivity contribution in [3.63, 3.8) is 0 Å². The van der Waals surface area contributed by atoms with Gasteiger partial charge in [0, 0.05) is 50.7 Å². The average Bonchev–Trinajstić information content (AvgIpc) is 2.84. The lowest BCUT2D eigenvalue weighted by molar-refractivity contribution is 0.0588. The number of anilines is 1. The zero-order valence-electron chi connectivity index (χ0n) is 21.1. The van der Waals surface area contributed by atoms with Gasteiger partial charge in [0.2, 0.25) is 5.88 Å². The lowest BCUT2D eigenvalue weighted by Crippen LogP contribution is -2.30. The summed E-state index contributed by atoms with van der Waals surface area (Å²) in [6.45, 7) is 14.8. The number of nitriles is 1. The molecule has 0 fully saturated rings. The number of fused-ring (bicyclic) bond motifs is 1. The van der Waals surface area contributed by atoms with Crippen LogP contribution in [0.5, 0.6) is 5.88 Å². The minimum absolute atomic E-state index is 0.359. The normalized spacial score (nSPS) is 10.8. The van der Waals surface area contributed by atoms with Gasteiger partial charge < -0.3 is 14.4 Å². The number of hydrogen-bond acceptors (Lipinski definition) is 5. The molecule has 0 spiro atoms. The molecule has 2 aromatic carbocycles. The molecular formula is C28H37N3O2. The van der Waals surface area contributed by atoms with Crippen molar-refractivity contribution < 1.29 is 9.47 Å². The van der Waals surface area contributed by atoms with Crippen LogP contribution in [-0.2, 0) is 4.74 Å². The SMILES string of the molecule is CC.CCN(CC)c1ccc2cc(-c3ccnc(OC(C)(C)CCOC)c3C#N)ccc2c1. The monoisotopic (exact) mass is 447 g/mol. The van der Waals surface area contributed by atoms with Crippen LogP contribution in [-0.4, -0.2) is 37.4 Å². The molecule has 0 unspecified atom stereocenters. The smallest absolute Gasteiger partial charge is 0.232 e. The summed E-state index contributed by atoms with van der Waals surface area (Å²) >= 11 is 0. The van der Waals surface area contributed by atoms with Crippen molar-refractivity contribution in [1.82, 2.24) is 4.98 Å². The van der Waals surface area contributed by atoms with E-state index in [2.05, 4.69) is 66.2 Å². The largest absolute Gasteiger partial charge is 0.471 e. The first-order valence-corrected chi connectivity index (χ1v) is 11.8. The van der Waals surface area contributed by atoms with Gasteiger partial charge in [0.05, 0.1) is 0 Å². The first-order chi connectivity index (χ1) is 15.9. The van der Waals surface area contributed by atoms with E-state index in [1.807, 2.05) is 33.8 Å². The molecule has 0 bridgehead atoms. The molecule has 0 saturated heterocycles. The van der Waals surface area contributed by atoms with Gasteiger partial charge in [-0.05, 0) is 68.3 Å². The molecule has 0 aliphatic carbocycles. The van der Waals surface area contributed by atoms with Gasteiger partial charge in [-0.15, -0.1) is 0 Å². The highest BCUT2D eigenvalue weighted by Gasteiger charge is 2.23. The second-order valence-electron chi connectivity index (χ2n) is 8.17. The predicted molar refractivity (Wildman–Crippen MR) is 138 cm³/mol. The number of pyridine rings is 1. The molecule has 5 heteroatoms. The van der Waals surface area contributed by atoms with Crippen molar-refractivity contribution >= 4 is 16.5 Å². The van der Waals surface area contributed by atoms with Gasteiger partial charge in [0.1, 0.15) is 17.2 Å². The maximum atomic E-state index is 9.90. The van der Waals surface area contributed by atoms with Crippen LogP contribution in [0.25, 0.3) is 21.9 Å². The summed E-state index contributed by atoms with van der Waals surface area (Å²) in [6.07, 6.45) is 2.40. The van der Waals surface area contributed by atoms with Crippen LogP contribution in [0.4, 0.5) is 5.69 Å². The second kappa shape index (κ2) is 12.2. The van der Waals surface area contributed by atoms with Gasteiger partial charge in [-0.1, -0.05) is 32.0 Å². The lowest BCUT2D eigenvalue weighted by atomic mass is 9.98. The van der Waals surface area contributed by atoms with E-state index >= 15 is 0 Å². The van der Waals surface area contributed by atoms with Crippen molar-refractivity contribution in [3.8, 4) is 23.1 Å². The standard InChI is InChI=1S/C26H31N3O2.C2H6/c1-6-29(7-2)22-11-10-19-16-21(9-8-20(19)17-22)23-12-14-28-25(24(23)18-27)31-26(3,4)13-15-30-5;1-2/h8-12,14,16-17H,6-7,13,15H2,1-5H3;1-2H3. The van der Waals surface area contributed by atoms with E-state index in [0.29, 0.717) is 24.5 Å². The zero-order chi connectivity index (χ0) is 24.4. The van der Waals surface area contributed by atoms with Gasteiger partial charge in [-0.2, -0.15) is 5.26 Å². The molecule has 3 rings (SSSR count). The Morgan fingerprint density at radius 3 is 2.30 bits per heavy atom. The third-order valence-corrected chi connectivity index (χ3v) is 5.57. The molecule has 0 amide bonds. The number of aromatic nitrogens is 1. The Balaban J connectivity index is 0.00000187. The highest BCUT2D eigenvalue weighted by molar-refractivity contribution is 5.90. The summed E-state index contributed by atoms with van der Waals surface area (Å²) < 4.78 is 11.3. The Bertz CT molecular complexity index is 1080. The molecule has 1 aromatic heterocycles. The number of benzene rings is 2. The summed E-state index contributed by atoms with van der Waals surface area (Å²) in [5.41, 5.74) is 2.98. The summed E-state index contributed by atoms with van der Waals surface area (Å²) in [4.78, 5) is 6.68. The van der Waals surface area contributed by atoms with Gasteiger partial charge in [-0.3, -0.25) is 0 Å². The van der Waals surface area contributed by atoms with Crippen LogP contribution in [0.3, 0.4) is 0 Å². The van der Waals surface area contributed by atoms with Crippen molar-refractivity contribution in [1.29, 1.82) is 5.26 Å². The Morgan fingerprint density at radius 2 is 1.67 bits per heavy atom. The van der Waals surface area contributed by atoms with E-state index in [4.69, 9.17) is 9.47 Å². The molecule has 176 valence electrons. The summed E-state index contributed by atoms with van der Waals surface area (Å²) in [6, 6.07) is 17.0. The van der Waals surface area contributed by atoms with Crippen molar-refractivity contribution in [2.75, 3.05) is 31.7 Å². The number of rotatable bonds is 9. The van der Waals surface area contributed by atoms with E-state index < -0.39 is 5.60 Å². The van der Waals surface area contributed by atoms with Crippen LogP contribution < -0.4 is 9.64 Å². The fourth-order valence-corrected chi connectivity index (χ4v) is 3.72. The van der Waals surface area contributed by atoms with Gasteiger partial charge >= 0.3 is 0 Å². The molecule has 0 N–H and O–H groups in total. The topological polar surface area (TPSA) is 58.4 Å². The van der Waals surface area contributed by atoms with E-state index in [1.54, 1.807) is 13.3 Å². The summed E-state index contributed by atoms with van der Waals surface area (Å²) in [7, 11) is 1.67. The quantitative estimate of drug-likeness (QED) is 0.359. The molecule has 0 radical (unpaired) electrons. The molecule has 0 aliphatic heterocycles. The minimum atomic E-state index is -0.489. The zero-order valence-corrected chi connectivity index (χ0v) is 21.1. The summed E-state index contributed by atoms with van der Waals surface area (Å²) in [5.74, 6) is 0.359. The van der Waals surface area contributed by atoms with E-state index in [1.165, 1.54) is 11.1 Å². The van der Waals surface area contributed by atoms with Crippen molar-refractivity contribution in [2.24, 2.45) is 0 Å². The Morgan fingerprint density at radius 1 is 1.00 bits per heavy atom. The molecule has 0 saturated carbocycles. The first-order valence-electron chi connectivity index (χ1n) is 11.8. The van der Waals surface area contributed by atoms with Crippen molar-refractivity contribution in [3.05, 3.63) is 54.2 Å².